The first-order valence-corrected chi connectivity index (χ1v) is 7.47. The molecule has 134 valence electrons. The van der Waals surface area contributed by atoms with Crippen molar-refractivity contribution in [3.05, 3.63) is 0 Å². The number of rotatable bonds is 10. The molecule has 0 amide bonds. The summed E-state index contributed by atoms with van der Waals surface area (Å²) in [7, 11) is 0. The van der Waals surface area contributed by atoms with E-state index < -0.39 is 24.8 Å². The maximum Gasteiger partial charge on any atom is 2.00 e. The van der Waals surface area contributed by atoms with Gasteiger partial charge in [-0.25, -0.2) is 0 Å². The van der Waals surface area contributed by atoms with E-state index in [1.807, 2.05) is 27.7 Å². The molecule has 0 saturated heterocycles. The van der Waals surface area contributed by atoms with Crippen LogP contribution in [0.4, 0.5) is 0 Å². The molecule has 0 aromatic rings. The fourth-order valence-corrected chi connectivity index (χ4v) is 1.40. The Hall–Kier alpha value is -1.20. The number of ketones is 2. The van der Waals surface area contributed by atoms with E-state index in [-0.39, 0.29) is 28.6 Å². The van der Waals surface area contributed by atoms with Crippen LogP contribution in [-0.2, 0) is 36.2 Å². The number of hydrogen-bond donors (Lipinski definition) is 0. The minimum absolute atomic E-state index is 0. The maximum absolute atomic E-state index is 10.7. The molecule has 0 fully saturated rings. The number of Topliss-reactive ketones (excluding diaryl/α,β-unsaturated/α-hetero) is 2. The van der Waals surface area contributed by atoms with Crippen molar-refractivity contribution < 1.29 is 46.5 Å². The normalized spacial score (nSPS) is 9.65. The van der Waals surface area contributed by atoms with Gasteiger partial charge in [0.05, 0.1) is 0 Å². The van der Waals surface area contributed by atoms with Crippen LogP contribution in [0.2, 0.25) is 0 Å². The van der Waals surface area contributed by atoms with Gasteiger partial charge in [-0.15, -0.1) is 0 Å². The molecule has 0 N–H and O–H groups in total. The van der Waals surface area contributed by atoms with E-state index in [1.165, 1.54) is 0 Å². The molecule has 0 aliphatic rings. The number of carbonyl (C=O) groups excluding carboxylic acids is 4. The van der Waals surface area contributed by atoms with Gasteiger partial charge in [-0.1, -0.05) is 27.7 Å². The van der Waals surface area contributed by atoms with Crippen molar-refractivity contribution in [2.45, 2.75) is 66.2 Å². The van der Waals surface area contributed by atoms with Crippen LogP contribution < -0.4 is 10.2 Å². The Morgan fingerprint density at radius 2 is 0.957 bits per heavy atom. The summed E-state index contributed by atoms with van der Waals surface area (Å²) in [5.41, 5.74) is 0. The van der Waals surface area contributed by atoms with Gasteiger partial charge >= 0.3 is 17.1 Å². The van der Waals surface area contributed by atoms with Crippen LogP contribution in [0.5, 0.6) is 0 Å². The Morgan fingerprint density at radius 3 is 1.13 bits per heavy atom. The quantitative estimate of drug-likeness (QED) is 0.403. The number of carboxylic acid groups (broad SMARTS) is 2. The van der Waals surface area contributed by atoms with E-state index in [0.717, 1.165) is 12.8 Å². The Morgan fingerprint density at radius 1 is 0.696 bits per heavy atom. The first kappa shape index (κ1) is 26.7. The first-order chi connectivity index (χ1) is 10.0. The molecule has 0 aromatic heterocycles. The Labute approximate surface area is 148 Å². The zero-order valence-corrected chi connectivity index (χ0v) is 15.3. The van der Waals surface area contributed by atoms with E-state index in [4.69, 9.17) is 0 Å². The Kier molecular flexibility index (Phi) is 18.2. The van der Waals surface area contributed by atoms with Crippen molar-refractivity contribution >= 4 is 23.5 Å². The van der Waals surface area contributed by atoms with E-state index in [9.17, 15) is 29.4 Å². The molecule has 0 heterocycles. The summed E-state index contributed by atoms with van der Waals surface area (Å²) in [5.74, 6) is -2.14. The van der Waals surface area contributed by atoms with E-state index >= 15 is 0 Å². The van der Waals surface area contributed by atoms with Crippen molar-refractivity contribution in [3.63, 3.8) is 0 Å². The smallest absolute Gasteiger partial charge is 0.550 e. The predicted octanol–water partition coefficient (Wildman–Crippen LogP) is 0.261. The van der Waals surface area contributed by atoms with Gasteiger partial charge in [-0.3, -0.25) is 9.59 Å². The molecule has 0 unspecified atom stereocenters. The predicted molar refractivity (Wildman–Crippen MR) is 77.4 cm³/mol. The van der Waals surface area contributed by atoms with Gasteiger partial charge in [-0.2, -0.15) is 0 Å². The van der Waals surface area contributed by atoms with Gasteiger partial charge in [0, 0.05) is 37.6 Å². The molecule has 23 heavy (non-hydrogen) atoms. The molecule has 0 aliphatic carbocycles. The second-order valence-electron chi connectivity index (χ2n) is 6.04. The number of carboxylic acids is 2. The molecule has 0 spiro atoms. The Bertz CT molecular complexity index is 341. The van der Waals surface area contributed by atoms with Gasteiger partial charge in [0.2, 0.25) is 0 Å². The number of carbonyl (C=O) groups is 4. The molecule has 0 bridgehead atoms. The van der Waals surface area contributed by atoms with Crippen molar-refractivity contribution in [3.8, 4) is 0 Å². The standard InChI is InChI=1S/2C8H14O3.Fe/c2*1-6(2)3-4-7(9)5-8(10)11;/h2*6H,3-5H2,1-2H3,(H,10,11);/q;;+2/p-2. The van der Waals surface area contributed by atoms with Crippen LogP contribution in [0.15, 0.2) is 0 Å². The third-order valence-electron chi connectivity index (χ3n) is 2.68. The van der Waals surface area contributed by atoms with Crippen molar-refractivity contribution in [1.82, 2.24) is 0 Å². The second-order valence-corrected chi connectivity index (χ2v) is 6.04. The van der Waals surface area contributed by atoms with Crippen LogP contribution in [0, 0.1) is 11.8 Å². The molecule has 7 heteroatoms. The van der Waals surface area contributed by atoms with E-state index in [2.05, 4.69) is 0 Å². The molecule has 0 radical (unpaired) electrons. The van der Waals surface area contributed by atoms with Crippen molar-refractivity contribution in [2.24, 2.45) is 11.8 Å². The summed E-state index contributed by atoms with van der Waals surface area (Å²) in [6.07, 6.45) is 1.34. The zero-order chi connectivity index (χ0) is 17.7. The molecule has 0 atom stereocenters. The SMILES string of the molecule is CC(C)CCC(=O)CC(=O)[O-].CC(C)CCC(=O)CC(=O)[O-].[Fe+2]. The zero-order valence-electron chi connectivity index (χ0n) is 14.2. The second kappa shape index (κ2) is 15.7. The number of aliphatic carboxylic acids is 2. The van der Waals surface area contributed by atoms with Gasteiger partial charge < -0.3 is 19.8 Å². The van der Waals surface area contributed by atoms with Gasteiger partial charge in [-0.05, 0) is 24.7 Å². The fraction of sp³-hybridized carbons (Fsp3) is 0.750. The van der Waals surface area contributed by atoms with Crippen LogP contribution in [-0.4, -0.2) is 23.5 Å². The topological polar surface area (TPSA) is 114 Å². The average Bonchev–Trinajstić information content (AvgIpc) is 2.33. The van der Waals surface area contributed by atoms with Gasteiger partial charge in [0.15, 0.2) is 0 Å². The van der Waals surface area contributed by atoms with Gasteiger partial charge in [0.1, 0.15) is 11.6 Å². The summed E-state index contributed by atoms with van der Waals surface area (Å²) in [5, 5.41) is 19.8. The Balaban J connectivity index is -0.000000333. The summed E-state index contributed by atoms with van der Waals surface area (Å²) in [6.45, 7) is 7.97. The monoisotopic (exact) mass is 370 g/mol. The minimum Gasteiger partial charge on any atom is -0.550 e. The third-order valence-corrected chi connectivity index (χ3v) is 2.68. The molecular formula is C16H26FeO6. The average molecular weight is 370 g/mol. The largest absolute Gasteiger partial charge is 2.00 e. The van der Waals surface area contributed by atoms with Crippen LogP contribution in [0.25, 0.3) is 0 Å². The van der Waals surface area contributed by atoms with Crippen LogP contribution in [0.1, 0.15) is 66.2 Å². The summed E-state index contributed by atoms with van der Waals surface area (Å²) in [6, 6.07) is 0. The molecule has 0 saturated carbocycles. The molecule has 0 aromatic carbocycles. The van der Waals surface area contributed by atoms with E-state index in [0.29, 0.717) is 24.7 Å². The van der Waals surface area contributed by atoms with E-state index in [1.54, 1.807) is 0 Å². The molecular weight excluding hydrogens is 344 g/mol. The third kappa shape index (κ3) is 26.0. The summed E-state index contributed by atoms with van der Waals surface area (Å²) < 4.78 is 0. The summed E-state index contributed by atoms with van der Waals surface area (Å²) >= 11 is 0. The minimum atomic E-state index is -1.28. The number of hydrogen-bond acceptors (Lipinski definition) is 6. The molecule has 6 nitrogen and oxygen atoms in total. The van der Waals surface area contributed by atoms with Crippen LogP contribution in [0.3, 0.4) is 0 Å². The first-order valence-electron chi connectivity index (χ1n) is 7.47. The van der Waals surface area contributed by atoms with Gasteiger partial charge in [0.25, 0.3) is 0 Å². The summed E-state index contributed by atoms with van der Waals surface area (Å²) in [4.78, 5) is 41.3. The van der Waals surface area contributed by atoms with Crippen molar-refractivity contribution in [1.29, 1.82) is 0 Å². The maximum atomic E-state index is 10.7. The van der Waals surface area contributed by atoms with Crippen LogP contribution >= 0.6 is 0 Å². The fourth-order valence-electron chi connectivity index (χ4n) is 1.40. The van der Waals surface area contributed by atoms with Crippen molar-refractivity contribution in [2.75, 3.05) is 0 Å². The molecule has 0 rings (SSSR count). The molecule has 0 aliphatic heterocycles.